The molecule has 1 aromatic rings. The lowest BCUT2D eigenvalue weighted by molar-refractivity contribution is -0.142. The number of hydrogen-bond donors (Lipinski definition) is 9. The Morgan fingerprint density at radius 2 is 1.59 bits per heavy atom. The van der Waals surface area contributed by atoms with Gasteiger partial charge < -0.3 is 47.7 Å². The Morgan fingerprint density at radius 3 is 2.12 bits per heavy atom. The molecule has 190 valence electrons. The number of carbonyl (C=O) groups excluding carboxylic acids is 3. The molecular weight excluding hydrogens is 454 g/mol. The molecule has 0 aliphatic heterocycles. The van der Waals surface area contributed by atoms with Gasteiger partial charge in [0.2, 0.25) is 17.7 Å². The highest BCUT2D eigenvalue weighted by atomic mass is 16.4. The molecule has 3 amide bonds. The third-order valence-electron chi connectivity index (χ3n) is 4.72. The van der Waals surface area contributed by atoms with E-state index in [1.807, 2.05) is 0 Å². The van der Waals surface area contributed by atoms with Gasteiger partial charge in [0.25, 0.3) is 0 Å². The van der Waals surface area contributed by atoms with Crippen LogP contribution in [0.15, 0.2) is 12.5 Å². The number of rotatable bonds is 16. The number of carbonyl (C=O) groups is 5. The first-order valence-electron chi connectivity index (χ1n) is 10.5. The van der Waals surface area contributed by atoms with Gasteiger partial charge in [-0.1, -0.05) is 0 Å². The lowest BCUT2D eigenvalue weighted by Crippen LogP contribution is -2.58. The fraction of sp³-hybridized carbons (Fsp3) is 0.579. The number of nitrogens with zero attached hydrogens (tertiary/aromatic N) is 1. The molecule has 0 bridgehead atoms. The first-order chi connectivity index (χ1) is 16.1. The standard InChI is InChI=1S/C19H31N7O8/c20-4-2-1-3-12(19(33)34)24-17(31)13(5-10-7-22-9-23-10)25-18(32)14(8-27)26-16(30)11(21)6-15(28)29/h7,9,11-14,27H,1-6,8,20-21H2,(H,22,23)(H,24,31)(H,25,32)(H,26,30)(H,28,29)(H,33,34). The zero-order chi connectivity index (χ0) is 25.7. The third-order valence-corrected chi connectivity index (χ3v) is 4.72. The van der Waals surface area contributed by atoms with Gasteiger partial charge in [-0.2, -0.15) is 0 Å². The monoisotopic (exact) mass is 485 g/mol. The zero-order valence-electron chi connectivity index (χ0n) is 18.4. The SMILES string of the molecule is NCCCCC(NC(=O)C(Cc1cnc[nH]1)NC(=O)C(CO)NC(=O)C(N)CC(=O)O)C(=O)O. The highest BCUT2D eigenvalue weighted by molar-refractivity contribution is 5.94. The van der Waals surface area contributed by atoms with Crippen LogP contribution in [0.25, 0.3) is 0 Å². The van der Waals surface area contributed by atoms with E-state index in [2.05, 4.69) is 25.9 Å². The van der Waals surface area contributed by atoms with E-state index in [9.17, 15) is 34.2 Å². The van der Waals surface area contributed by atoms with Crippen LogP contribution in [0.3, 0.4) is 0 Å². The molecular formula is C19H31N7O8. The van der Waals surface area contributed by atoms with Crippen LogP contribution in [-0.4, -0.2) is 92.3 Å². The Labute approximate surface area is 194 Å². The number of aliphatic hydroxyl groups is 1. The first kappa shape index (κ1) is 28.5. The second-order valence-electron chi connectivity index (χ2n) is 7.47. The van der Waals surface area contributed by atoms with E-state index in [0.717, 1.165) is 0 Å². The van der Waals surface area contributed by atoms with E-state index in [0.29, 0.717) is 25.1 Å². The molecule has 0 spiro atoms. The topological polar surface area (TPSA) is 263 Å². The smallest absolute Gasteiger partial charge is 0.326 e. The maximum Gasteiger partial charge on any atom is 0.326 e. The van der Waals surface area contributed by atoms with Crippen LogP contribution >= 0.6 is 0 Å². The number of H-pyrrole nitrogens is 1. The van der Waals surface area contributed by atoms with Gasteiger partial charge in [-0.15, -0.1) is 0 Å². The first-order valence-corrected chi connectivity index (χ1v) is 10.5. The van der Waals surface area contributed by atoms with E-state index in [-0.39, 0.29) is 12.8 Å². The fourth-order valence-corrected chi connectivity index (χ4v) is 2.87. The lowest BCUT2D eigenvalue weighted by atomic mass is 10.1. The van der Waals surface area contributed by atoms with Crippen LogP contribution in [0.5, 0.6) is 0 Å². The van der Waals surface area contributed by atoms with Crippen LogP contribution in [-0.2, 0) is 30.4 Å². The van der Waals surface area contributed by atoms with Crippen molar-refractivity contribution in [3.8, 4) is 0 Å². The van der Waals surface area contributed by atoms with Gasteiger partial charge in [-0.3, -0.25) is 19.2 Å². The number of aliphatic carboxylic acids is 2. The van der Waals surface area contributed by atoms with Crippen molar-refractivity contribution in [2.75, 3.05) is 13.2 Å². The zero-order valence-corrected chi connectivity index (χ0v) is 18.4. The van der Waals surface area contributed by atoms with Crippen molar-refractivity contribution in [3.05, 3.63) is 18.2 Å². The molecule has 1 aromatic heterocycles. The number of aromatic nitrogens is 2. The minimum Gasteiger partial charge on any atom is -0.481 e. The van der Waals surface area contributed by atoms with Gasteiger partial charge in [0.15, 0.2) is 0 Å². The molecule has 1 rings (SSSR count). The number of hydrogen-bond acceptors (Lipinski definition) is 9. The number of carboxylic acid groups (broad SMARTS) is 2. The van der Waals surface area contributed by atoms with Gasteiger partial charge in [-0.25, -0.2) is 9.78 Å². The molecule has 0 saturated heterocycles. The van der Waals surface area contributed by atoms with Crippen LogP contribution in [0, 0.1) is 0 Å². The number of aromatic amines is 1. The van der Waals surface area contributed by atoms with Crippen LogP contribution < -0.4 is 27.4 Å². The summed E-state index contributed by atoms with van der Waals surface area (Å²) in [7, 11) is 0. The predicted octanol–water partition coefficient (Wildman–Crippen LogP) is -3.59. The molecule has 0 aliphatic rings. The number of unbranched alkanes of at least 4 members (excludes halogenated alkanes) is 1. The fourth-order valence-electron chi connectivity index (χ4n) is 2.87. The van der Waals surface area contributed by atoms with Crippen LogP contribution in [0.4, 0.5) is 0 Å². The maximum absolute atomic E-state index is 12.8. The largest absolute Gasteiger partial charge is 0.481 e. The van der Waals surface area contributed by atoms with Crippen molar-refractivity contribution in [1.82, 2.24) is 25.9 Å². The molecule has 34 heavy (non-hydrogen) atoms. The summed E-state index contributed by atoms with van der Waals surface area (Å²) in [5.74, 6) is -5.35. The van der Waals surface area contributed by atoms with E-state index in [1.165, 1.54) is 12.5 Å². The number of amides is 3. The predicted molar refractivity (Wildman–Crippen MR) is 116 cm³/mol. The summed E-state index contributed by atoms with van der Waals surface area (Å²) in [6, 6.07) is -5.51. The summed E-state index contributed by atoms with van der Waals surface area (Å²) in [6.45, 7) is -0.504. The normalized spacial score (nSPS) is 14.3. The summed E-state index contributed by atoms with van der Waals surface area (Å²) in [5.41, 5.74) is 11.3. The van der Waals surface area contributed by atoms with E-state index >= 15 is 0 Å². The molecule has 15 heteroatoms. The Bertz CT molecular complexity index is 833. The Morgan fingerprint density at radius 1 is 0.971 bits per heavy atom. The molecule has 1 heterocycles. The van der Waals surface area contributed by atoms with Gasteiger partial charge in [-0.05, 0) is 25.8 Å². The van der Waals surface area contributed by atoms with Gasteiger partial charge >= 0.3 is 11.9 Å². The van der Waals surface area contributed by atoms with Crippen molar-refractivity contribution in [3.63, 3.8) is 0 Å². The van der Waals surface area contributed by atoms with Crippen molar-refractivity contribution < 1.29 is 39.3 Å². The number of carboxylic acids is 2. The highest BCUT2D eigenvalue weighted by Crippen LogP contribution is 2.05. The van der Waals surface area contributed by atoms with E-state index in [1.54, 1.807) is 0 Å². The Balaban J connectivity index is 2.92. The summed E-state index contributed by atoms with van der Waals surface area (Å²) < 4.78 is 0. The van der Waals surface area contributed by atoms with Crippen molar-refractivity contribution in [2.24, 2.45) is 11.5 Å². The van der Waals surface area contributed by atoms with Crippen molar-refractivity contribution in [2.45, 2.75) is 56.3 Å². The van der Waals surface area contributed by atoms with Crippen LogP contribution in [0.2, 0.25) is 0 Å². The van der Waals surface area contributed by atoms with Crippen molar-refractivity contribution >= 4 is 29.7 Å². The molecule has 15 nitrogen and oxygen atoms in total. The Hall–Kier alpha value is -3.56. The Kier molecular flexibility index (Phi) is 12.2. The molecule has 0 radical (unpaired) electrons. The van der Waals surface area contributed by atoms with E-state index in [4.69, 9.17) is 16.6 Å². The number of nitrogens with one attached hydrogen (secondary N) is 4. The summed E-state index contributed by atoms with van der Waals surface area (Å²) >= 11 is 0. The molecule has 0 aromatic carbocycles. The van der Waals surface area contributed by atoms with Gasteiger partial charge in [0, 0.05) is 18.3 Å². The second kappa shape index (κ2) is 14.6. The average molecular weight is 485 g/mol. The molecule has 0 aliphatic carbocycles. The van der Waals surface area contributed by atoms with Crippen molar-refractivity contribution in [1.29, 1.82) is 0 Å². The third kappa shape index (κ3) is 9.93. The summed E-state index contributed by atoms with van der Waals surface area (Å²) in [5, 5.41) is 34.5. The molecule has 4 unspecified atom stereocenters. The summed E-state index contributed by atoms with van der Waals surface area (Å²) in [6.07, 6.45) is 3.10. The van der Waals surface area contributed by atoms with Gasteiger partial charge in [0.1, 0.15) is 18.1 Å². The van der Waals surface area contributed by atoms with Gasteiger partial charge in [0.05, 0.1) is 25.4 Å². The van der Waals surface area contributed by atoms with Crippen LogP contribution in [0.1, 0.15) is 31.4 Å². The molecule has 11 N–H and O–H groups in total. The molecule has 0 fully saturated rings. The lowest BCUT2D eigenvalue weighted by Gasteiger charge is -2.24. The maximum atomic E-state index is 12.8. The number of aliphatic hydroxyl groups excluding tert-OH is 1. The highest BCUT2D eigenvalue weighted by Gasteiger charge is 2.30. The quantitative estimate of drug-likeness (QED) is 0.103. The molecule has 0 saturated carbocycles. The molecule has 4 atom stereocenters. The number of nitrogens with two attached hydrogens (primary N) is 2. The average Bonchev–Trinajstić information content (AvgIpc) is 3.28. The minimum absolute atomic E-state index is 0.0999. The minimum atomic E-state index is -1.54. The number of imidazole rings is 1. The summed E-state index contributed by atoms with van der Waals surface area (Å²) in [4.78, 5) is 66.3. The second-order valence-corrected chi connectivity index (χ2v) is 7.47. The van der Waals surface area contributed by atoms with E-state index < -0.39 is 66.9 Å².